The maximum Gasteiger partial charge on any atom is 0.364 e. The van der Waals surface area contributed by atoms with Gasteiger partial charge in [-0.25, -0.2) is 9.69 Å². The van der Waals surface area contributed by atoms with Crippen LogP contribution in [0.3, 0.4) is 0 Å². The molecule has 0 aliphatic carbocycles. The molecule has 23 heavy (non-hydrogen) atoms. The maximum absolute atomic E-state index is 12.2. The molecule has 2 heterocycles. The van der Waals surface area contributed by atoms with Crippen molar-refractivity contribution in [3.05, 3.63) is 28.6 Å². The topological polar surface area (TPSA) is 114 Å². The van der Waals surface area contributed by atoms with Crippen LogP contribution in [0.25, 0.3) is 11.0 Å². The van der Waals surface area contributed by atoms with E-state index in [1.807, 2.05) is 0 Å². The van der Waals surface area contributed by atoms with Crippen LogP contribution >= 0.6 is 0 Å². The van der Waals surface area contributed by atoms with Crippen molar-refractivity contribution in [2.75, 3.05) is 4.90 Å². The Morgan fingerprint density at radius 1 is 1.22 bits per heavy atom. The summed E-state index contributed by atoms with van der Waals surface area (Å²) in [5.41, 5.74) is -1.47. The molecule has 8 heteroatoms. The first-order valence-corrected chi connectivity index (χ1v) is 6.72. The largest absolute Gasteiger partial charge is 0.508 e. The SMILES string of the molecule is CC(=O)Oc1c(N2C(=O)CCC2=O)c(=O)oc2cc(O)ccc12. The average Bonchev–Trinajstić information content (AvgIpc) is 2.78. The van der Waals surface area contributed by atoms with Crippen LogP contribution in [0, 0.1) is 0 Å². The third-order valence-electron chi connectivity index (χ3n) is 3.34. The van der Waals surface area contributed by atoms with E-state index in [0.717, 1.165) is 6.92 Å². The van der Waals surface area contributed by atoms with Crippen LogP contribution in [0.4, 0.5) is 5.69 Å². The quantitative estimate of drug-likeness (QED) is 0.500. The molecule has 0 unspecified atom stereocenters. The predicted octanol–water partition coefficient (Wildman–Crippen LogP) is 1.08. The highest BCUT2D eigenvalue weighted by Gasteiger charge is 2.36. The van der Waals surface area contributed by atoms with Crippen molar-refractivity contribution in [3.63, 3.8) is 0 Å². The van der Waals surface area contributed by atoms with Crippen LogP contribution in [0.15, 0.2) is 27.4 Å². The van der Waals surface area contributed by atoms with Gasteiger partial charge < -0.3 is 14.3 Å². The lowest BCUT2D eigenvalue weighted by Crippen LogP contribution is -2.33. The number of hydrogen-bond acceptors (Lipinski definition) is 7. The van der Waals surface area contributed by atoms with Gasteiger partial charge in [0.25, 0.3) is 0 Å². The van der Waals surface area contributed by atoms with E-state index in [1.165, 1.54) is 18.2 Å². The highest BCUT2D eigenvalue weighted by molar-refractivity contribution is 6.21. The summed E-state index contributed by atoms with van der Waals surface area (Å²) in [7, 11) is 0. The minimum Gasteiger partial charge on any atom is -0.508 e. The number of nitrogens with zero attached hydrogens (tertiary/aromatic N) is 1. The van der Waals surface area contributed by atoms with Crippen molar-refractivity contribution in [2.45, 2.75) is 19.8 Å². The van der Waals surface area contributed by atoms with Gasteiger partial charge in [0.1, 0.15) is 11.3 Å². The Labute approximate surface area is 128 Å². The number of ether oxygens (including phenoxy) is 1. The van der Waals surface area contributed by atoms with Crippen molar-refractivity contribution in [2.24, 2.45) is 0 Å². The summed E-state index contributed by atoms with van der Waals surface area (Å²) in [4.78, 5) is 48.1. The molecule has 1 aliphatic rings. The molecular formula is C15H11NO7. The molecule has 118 valence electrons. The van der Waals surface area contributed by atoms with Crippen LogP contribution in [-0.4, -0.2) is 22.9 Å². The van der Waals surface area contributed by atoms with Gasteiger partial charge in [-0.3, -0.25) is 14.4 Å². The molecule has 3 rings (SSSR count). The Hall–Kier alpha value is -3.16. The van der Waals surface area contributed by atoms with Gasteiger partial charge in [-0.2, -0.15) is 0 Å². The number of benzene rings is 1. The summed E-state index contributed by atoms with van der Waals surface area (Å²) in [6.07, 6.45) is -0.0726. The number of amides is 2. The van der Waals surface area contributed by atoms with Crippen molar-refractivity contribution in [1.29, 1.82) is 0 Å². The van der Waals surface area contributed by atoms with Gasteiger partial charge in [-0.05, 0) is 12.1 Å². The molecular weight excluding hydrogens is 306 g/mol. The normalized spacial score (nSPS) is 14.6. The first kappa shape index (κ1) is 14.8. The van der Waals surface area contributed by atoms with Crippen molar-refractivity contribution in [1.82, 2.24) is 0 Å². The van der Waals surface area contributed by atoms with Crippen molar-refractivity contribution >= 4 is 34.4 Å². The summed E-state index contributed by atoms with van der Waals surface area (Å²) in [6.45, 7) is 1.12. The Kier molecular flexibility index (Phi) is 3.36. The summed E-state index contributed by atoms with van der Waals surface area (Å²) < 4.78 is 10.1. The van der Waals surface area contributed by atoms with E-state index in [4.69, 9.17) is 9.15 Å². The number of hydrogen-bond donors (Lipinski definition) is 1. The maximum atomic E-state index is 12.2. The Balaban J connectivity index is 2.36. The van der Waals surface area contributed by atoms with E-state index < -0.39 is 29.1 Å². The third kappa shape index (κ3) is 2.44. The number of phenols is 1. The van der Waals surface area contributed by atoms with Crippen LogP contribution in [-0.2, 0) is 14.4 Å². The molecule has 2 amide bonds. The van der Waals surface area contributed by atoms with Gasteiger partial charge in [-0.1, -0.05) is 0 Å². The van der Waals surface area contributed by atoms with Gasteiger partial charge >= 0.3 is 11.6 Å². The van der Waals surface area contributed by atoms with Crippen molar-refractivity contribution in [3.8, 4) is 11.5 Å². The number of carbonyl (C=O) groups is 3. The zero-order valence-electron chi connectivity index (χ0n) is 12.0. The number of imide groups is 1. The van der Waals surface area contributed by atoms with E-state index in [9.17, 15) is 24.3 Å². The summed E-state index contributed by atoms with van der Waals surface area (Å²) in [6, 6.07) is 3.83. The second-order valence-corrected chi connectivity index (χ2v) is 4.96. The minimum atomic E-state index is -1.01. The van der Waals surface area contributed by atoms with E-state index in [-0.39, 0.29) is 35.3 Å². The second kappa shape index (κ2) is 5.24. The molecule has 2 aromatic rings. The average molecular weight is 317 g/mol. The molecule has 1 aliphatic heterocycles. The van der Waals surface area contributed by atoms with Gasteiger partial charge in [0, 0.05) is 25.8 Å². The smallest absolute Gasteiger partial charge is 0.364 e. The number of fused-ring (bicyclic) bond motifs is 1. The third-order valence-corrected chi connectivity index (χ3v) is 3.34. The van der Waals surface area contributed by atoms with Gasteiger partial charge in [0.15, 0.2) is 11.4 Å². The van der Waals surface area contributed by atoms with Crippen LogP contribution in [0.5, 0.6) is 11.5 Å². The summed E-state index contributed by atoms with van der Waals surface area (Å²) in [5.74, 6) is -2.28. The second-order valence-electron chi connectivity index (χ2n) is 4.96. The molecule has 0 saturated carbocycles. The fraction of sp³-hybridized carbons (Fsp3) is 0.200. The molecule has 1 fully saturated rings. The first-order valence-electron chi connectivity index (χ1n) is 6.72. The molecule has 1 saturated heterocycles. The standard InChI is InChI=1S/C15H11NO7/c1-7(17)22-14-9-3-2-8(18)6-10(9)23-15(21)13(14)16-11(19)4-5-12(16)20/h2-3,6,18H,4-5H2,1H3. The molecule has 0 atom stereocenters. The molecule has 1 aromatic carbocycles. The highest BCUT2D eigenvalue weighted by Crippen LogP contribution is 2.36. The van der Waals surface area contributed by atoms with Gasteiger partial charge in [0.2, 0.25) is 11.8 Å². The fourth-order valence-electron chi connectivity index (χ4n) is 2.42. The lowest BCUT2D eigenvalue weighted by Gasteiger charge is -2.17. The number of esters is 1. The van der Waals surface area contributed by atoms with Crippen LogP contribution in [0.1, 0.15) is 19.8 Å². The van der Waals surface area contributed by atoms with E-state index in [1.54, 1.807) is 0 Å². The molecule has 0 bridgehead atoms. The molecule has 1 aromatic heterocycles. The zero-order chi connectivity index (χ0) is 16.7. The zero-order valence-corrected chi connectivity index (χ0v) is 12.0. The molecule has 8 nitrogen and oxygen atoms in total. The van der Waals surface area contributed by atoms with E-state index >= 15 is 0 Å². The number of anilines is 1. The predicted molar refractivity (Wildman–Crippen MR) is 77.2 cm³/mol. The summed E-state index contributed by atoms with van der Waals surface area (Å²) in [5, 5.41) is 9.65. The summed E-state index contributed by atoms with van der Waals surface area (Å²) >= 11 is 0. The van der Waals surface area contributed by atoms with Crippen LogP contribution < -0.4 is 15.3 Å². The fourth-order valence-corrected chi connectivity index (χ4v) is 2.42. The Bertz CT molecular complexity index is 896. The Morgan fingerprint density at radius 2 is 1.87 bits per heavy atom. The number of carbonyl (C=O) groups excluding carboxylic acids is 3. The molecule has 0 spiro atoms. The number of rotatable bonds is 2. The monoisotopic (exact) mass is 317 g/mol. The molecule has 1 N–H and O–H groups in total. The molecule has 0 radical (unpaired) electrons. The minimum absolute atomic E-state index is 0.0332. The Morgan fingerprint density at radius 3 is 2.48 bits per heavy atom. The first-order chi connectivity index (χ1) is 10.9. The lowest BCUT2D eigenvalue weighted by molar-refractivity contribution is -0.132. The number of aromatic hydroxyl groups is 1. The van der Waals surface area contributed by atoms with E-state index in [0.29, 0.717) is 4.90 Å². The van der Waals surface area contributed by atoms with E-state index in [2.05, 4.69) is 0 Å². The van der Waals surface area contributed by atoms with Gasteiger partial charge in [-0.15, -0.1) is 0 Å². The van der Waals surface area contributed by atoms with Crippen LogP contribution in [0.2, 0.25) is 0 Å². The van der Waals surface area contributed by atoms with Gasteiger partial charge in [0.05, 0.1) is 5.39 Å². The number of phenolic OH excluding ortho intramolecular Hbond substituents is 1. The van der Waals surface area contributed by atoms with Crippen molar-refractivity contribution < 1.29 is 28.6 Å². The lowest BCUT2D eigenvalue weighted by atomic mass is 10.2. The highest BCUT2D eigenvalue weighted by atomic mass is 16.5.